The van der Waals surface area contributed by atoms with Crippen LogP contribution in [0.15, 0.2) is 47.4 Å². The highest BCUT2D eigenvalue weighted by Gasteiger charge is 2.33. The summed E-state index contributed by atoms with van der Waals surface area (Å²) in [4.78, 5) is 12.2. The summed E-state index contributed by atoms with van der Waals surface area (Å²) in [5.74, 6) is -1.18. The predicted molar refractivity (Wildman–Crippen MR) is 87.1 cm³/mol. The molecular weight excluding hydrogens is 372 g/mol. The summed E-state index contributed by atoms with van der Waals surface area (Å²) in [7, 11) is -1.54. The van der Waals surface area contributed by atoms with E-state index in [1.165, 1.54) is 24.3 Å². The number of carbonyl (C=O) groups is 1. The number of halogens is 4. The molecule has 0 aliphatic carbocycles. The molecule has 1 unspecified atom stereocenters. The van der Waals surface area contributed by atoms with E-state index in [1.807, 2.05) is 0 Å². The van der Waals surface area contributed by atoms with Crippen molar-refractivity contribution >= 4 is 22.4 Å². The number of carbonyl (C=O) groups excluding carboxylic acids is 1. The van der Waals surface area contributed by atoms with Gasteiger partial charge in [0.15, 0.2) is 0 Å². The largest absolute Gasteiger partial charge is 0.417 e. The van der Waals surface area contributed by atoms with Crippen molar-refractivity contribution in [3.05, 3.63) is 59.4 Å². The van der Waals surface area contributed by atoms with Crippen molar-refractivity contribution in [2.45, 2.75) is 17.5 Å². The van der Waals surface area contributed by atoms with Crippen LogP contribution >= 0.6 is 0 Å². The van der Waals surface area contributed by atoms with Crippen LogP contribution in [0.1, 0.15) is 17.5 Å². The lowest BCUT2D eigenvalue weighted by Gasteiger charge is -2.11. The van der Waals surface area contributed by atoms with Crippen LogP contribution < -0.4 is 5.32 Å². The van der Waals surface area contributed by atoms with Gasteiger partial charge in [-0.05, 0) is 42.5 Å². The van der Waals surface area contributed by atoms with Crippen LogP contribution in [-0.4, -0.2) is 15.9 Å². The topological polar surface area (TPSA) is 70.0 Å². The smallest absolute Gasteiger partial charge is 0.326 e. The molecule has 0 heterocycles. The SMILES string of the molecule is N#Cc1ccc(NC(=O)CCS(=O)c2ccc(F)cc2)cc1C(F)(F)F. The number of hydrogen-bond donors (Lipinski definition) is 1. The second kappa shape index (κ2) is 8.10. The van der Waals surface area contributed by atoms with Crippen molar-refractivity contribution in [2.75, 3.05) is 11.1 Å². The van der Waals surface area contributed by atoms with E-state index in [1.54, 1.807) is 0 Å². The molecule has 0 aromatic heterocycles. The van der Waals surface area contributed by atoms with Gasteiger partial charge in [-0.15, -0.1) is 0 Å². The molecule has 136 valence electrons. The molecule has 2 aromatic rings. The lowest BCUT2D eigenvalue weighted by molar-refractivity contribution is -0.137. The van der Waals surface area contributed by atoms with Gasteiger partial charge in [0.2, 0.25) is 5.91 Å². The Morgan fingerprint density at radius 3 is 2.38 bits per heavy atom. The lowest BCUT2D eigenvalue weighted by atomic mass is 10.1. The highest BCUT2D eigenvalue weighted by atomic mass is 32.2. The van der Waals surface area contributed by atoms with Gasteiger partial charge in [0.1, 0.15) is 5.82 Å². The van der Waals surface area contributed by atoms with E-state index in [9.17, 15) is 26.6 Å². The van der Waals surface area contributed by atoms with Crippen molar-refractivity contribution in [1.29, 1.82) is 5.26 Å². The molecule has 0 aliphatic rings. The van der Waals surface area contributed by atoms with Gasteiger partial charge < -0.3 is 5.32 Å². The van der Waals surface area contributed by atoms with E-state index < -0.39 is 39.8 Å². The Bertz CT molecular complexity index is 874. The molecule has 1 atom stereocenters. The molecule has 0 aliphatic heterocycles. The Labute approximate surface area is 148 Å². The van der Waals surface area contributed by atoms with Crippen LogP contribution in [0.5, 0.6) is 0 Å². The van der Waals surface area contributed by atoms with Crippen LogP contribution in [0.25, 0.3) is 0 Å². The summed E-state index contributed by atoms with van der Waals surface area (Å²) in [5, 5.41) is 11.0. The van der Waals surface area contributed by atoms with Crippen molar-refractivity contribution in [3.8, 4) is 6.07 Å². The number of anilines is 1. The molecule has 4 nitrogen and oxygen atoms in total. The molecule has 9 heteroatoms. The van der Waals surface area contributed by atoms with Gasteiger partial charge in [-0.3, -0.25) is 9.00 Å². The minimum absolute atomic E-state index is 0.0696. The highest BCUT2D eigenvalue weighted by molar-refractivity contribution is 7.85. The van der Waals surface area contributed by atoms with Crippen molar-refractivity contribution < 1.29 is 26.6 Å². The van der Waals surface area contributed by atoms with E-state index in [0.717, 1.165) is 18.2 Å². The molecule has 2 aromatic carbocycles. The van der Waals surface area contributed by atoms with Gasteiger partial charge >= 0.3 is 6.18 Å². The summed E-state index contributed by atoms with van der Waals surface area (Å²) in [6, 6.07) is 9.22. The summed E-state index contributed by atoms with van der Waals surface area (Å²) < 4.78 is 63.5. The molecule has 0 bridgehead atoms. The van der Waals surface area contributed by atoms with Crippen molar-refractivity contribution in [3.63, 3.8) is 0 Å². The average Bonchev–Trinajstić information content (AvgIpc) is 2.59. The number of nitriles is 1. The Kier molecular flexibility index (Phi) is 6.10. The zero-order valence-electron chi connectivity index (χ0n) is 13.1. The van der Waals surface area contributed by atoms with E-state index in [0.29, 0.717) is 11.0 Å². The van der Waals surface area contributed by atoms with Crippen LogP contribution in [-0.2, 0) is 21.8 Å². The molecule has 0 spiro atoms. The number of alkyl halides is 3. The minimum Gasteiger partial charge on any atom is -0.326 e. The first-order chi connectivity index (χ1) is 12.2. The van der Waals surface area contributed by atoms with E-state index in [2.05, 4.69) is 5.32 Å². The van der Waals surface area contributed by atoms with Crippen molar-refractivity contribution in [2.24, 2.45) is 0 Å². The molecule has 0 radical (unpaired) electrons. The monoisotopic (exact) mass is 384 g/mol. The zero-order chi connectivity index (χ0) is 19.3. The molecule has 1 N–H and O–H groups in total. The van der Waals surface area contributed by atoms with Gasteiger partial charge in [0, 0.05) is 22.8 Å². The van der Waals surface area contributed by atoms with Crippen molar-refractivity contribution in [1.82, 2.24) is 0 Å². The molecule has 2 rings (SSSR count). The maximum Gasteiger partial charge on any atom is 0.417 e. The summed E-state index contributed by atoms with van der Waals surface area (Å²) in [6.45, 7) is 0. The fourth-order valence-corrected chi connectivity index (χ4v) is 3.11. The lowest BCUT2D eigenvalue weighted by Crippen LogP contribution is -2.16. The van der Waals surface area contributed by atoms with E-state index in [4.69, 9.17) is 5.26 Å². The molecular formula is C17H12F4N2O2S. The number of nitrogens with one attached hydrogen (secondary N) is 1. The molecule has 0 fully saturated rings. The van der Waals surface area contributed by atoms with Gasteiger partial charge in [0.05, 0.1) is 28.0 Å². The summed E-state index contributed by atoms with van der Waals surface area (Å²) >= 11 is 0. The quantitative estimate of drug-likeness (QED) is 0.796. The number of hydrogen-bond acceptors (Lipinski definition) is 3. The number of amides is 1. The first-order valence-corrected chi connectivity index (χ1v) is 8.58. The molecule has 0 saturated carbocycles. The first-order valence-electron chi connectivity index (χ1n) is 7.26. The van der Waals surface area contributed by atoms with Gasteiger partial charge in [-0.25, -0.2) is 4.39 Å². The highest BCUT2D eigenvalue weighted by Crippen LogP contribution is 2.33. The second-order valence-corrected chi connectivity index (χ2v) is 6.74. The standard InChI is InChI=1S/C17H12F4N2O2S/c18-12-2-5-14(6-3-12)26(25)8-7-16(24)23-13-4-1-11(10-22)15(9-13)17(19,20)21/h1-6,9H,7-8H2,(H,23,24). The van der Waals surface area contributed by atoms with Crippen LogP contribution in [0.3, 0.4) is 0 Å². The number of rotatable bonds is 5. The third-order valence-electron chi connectivity index (χ3n) is 3.32. The summed E-state index contributed by atoms with van der Waals surface area (Å²) in [5.41, 5.74) is -1.81. The summed E-state index contributed by atoms with van der Waals surface area (Å²) in [6.07, 6.45) is -4.93. The van der Waals surface area contributed by atoms with E-state index in [-0.39, 0.29) is 17.9 Å². The maximum absolute atomic E-state index is 12.9. The zero-order valence-corrected chi connectivity index (χ0v) is 14.0. The first kappa shape index (κ1) is 19.6. The van der Waals surface area contributed by atoms with Crippen LogP contribution in [0.4, 0.5) is 23.2 Å². The predicted octanol–water partition coefficient (Wildman–Crippen LogP) is 3.85. The Morgan fingerprint density at radius 1 is 1.15 bits per heavy atom. The van der Waals surface area contributed by atoms with Crippen LogP contribution in [0, 0.1) is 17.1 Å². The molecule has 26 heavy (non-hydrogen) atoms. The average molecular weight is 384 g/mol. The van der Waals surface area contributed by atoms with Crippen LogP contribution in [0.2, 0.25) is 0 Å². The Hall–Kier alpha value is -2.73. The van der Waals surface area contributed by atoms with Gasteiger partial charge in [-0.1, -0.05) is 0 Å². The Balaban J connectivity index is 2.01. The van der Waals surface area contributed by atoms with Gasteiger partial charge in [0.25, 0.3) is 0 Å². The normalized spacial score (nSPS) is 12.3. The Morgan fingerprint density at radius 2 is 1.81 bits per heavy atom. The fourth-order valence-electron chi connectivity index (χ4n) is 2.07. The number of nitrogens with zero attached hydrogens (tertiary/aromatic N) is 1. The fraction of sp³-hybridized carbons (Fsp3) is 0.176. The third-order valence-corrected chi connectivity index (χ3v) is 4.69. The second-order valence-electron chi connectivity index (χ2n) is 5.17. The maximum atomic E-state index is 12.9. The third kappa shape index (κ3) is 5.13. The minimum atomic E-state index is -4.73. The molecule has 1 amide bonds. The molecule has 0 saturated heterocycles. The number of benzene rings is 2. The van der Waals surface area contributed by atoms with Gasteiger partial charge in [-0.2, -0.15) is 18.4 Å². The van der Waals surface area contributed by atoms with E-state index >= 15 is 0 Å².